The number of benzene rings is 1. The van der Waals surface area contributed by atoms with E-state index in [0.717, 1.165) is 12.1 Å². The number of amides is 2. The molecule has 0 saturated heterocycles. The van der Waals surface area contributed by atoms with Crippen LogP contribution in [0.4, 0.5) is 23.7 Å². The van der Waals surface area contributed by atoms with Gasteiger partial charge in [0.2, 0.25) is 0 Å². The van der Waals surface area contributed by atoms with Crippen molar-refractivity contribution in [3.05, 3.63) is 28.2 Å². The van der Waals surface area contributed by atoms with Gasteiger partial charge in [0.25, 0.3) is 0 Å². The van der Waals surface area contributed by atoms with Crippen molar-refractivity contribution >= 4 is 33.6 Å². The van der Waals surface area contributed by atoms with Gasteiger partial charge in [0.15, 0.2) is 0 Å². The SMILES string of the molecule is O=C(O)CNC(=O)Nc1cc(Br)cc(C(F)(F)F)c1. The number of rotatable bonds is 3. The standard InChI is InChI=1S/C10H8BrF3N2O3/c11-6-1-5(10(12,13)14)2-7(3-6)16-9(19)15-4-8(17)18/h1-3H,4H2,(H,17,18)(H2,15,16,19). The molecular formula is C10H8BrF3N2O3. The number of aliphatic carboxylic acids is 1. The van der Waals surface area contributed by atoms with Crippen LogP contribution in [0, 0.1) is 0 Å². The highest BCUT2D eigenvalue weighted by Gasteiger charge is 2.31. The maximum atomic E-state index is 12.5. The summed E-state index contributed by atoms with van der Waals surface area (Å²) in [6, 6.07) is 1.95. The zero-order valence-electron chi connectivity index (χ0n) is 9.21. The predicted molar refractivity (Wildman–Crippen MR) is 63.8 cm³/mol. The Morgan fingerprint density at radius 2 is 1.89 bits per heavy atom. The van der Waals surface area contributed by atoms with Gasteiger partial charge in [-0.15, -0.1) is 0 Å². The molecular weight excluding hydrogens is 333 g/mol. The summed E-state index contributed by atoms with van der Waals surface area (Å²) < 4.78 is 37.7. The molecule has 9 heteroatoms. The normalized spacial score (nSPS) is 10.9. The first-order chi connectivity index (χ1) is 8.68. The van der Waals surface area contributed by atoms with Gasteiger partial charge in [0.05, 0.1) is 5.56 Å². The molecule has 0 aliphatic carbocycles. The average molecular weight is 341 g/mol. The minimum Gasteiger partial charge on any atom is -0.480 e. The molecule has 0 aromatic heterocycles. The van der Waals surface area contributed by atoms with Gasteiger partial charge >= 0.3 is 18.2 Å². The lowest BCUT2D eigenvalue weighted by Gasteiger charge is -2.11. The van der Waals surface area contributed by atoms with Gasteiger partial charge in [-0.05, 0) is 18.2 Å². The Morgan fingerprint density at radius 1 is 1.26 bits per heavy atom. The van der Waals surface area contributed by atoms with E-state index in [-0.39, 0.29) is 10.2 Å². The van der Waals surface area contributed by atoms with Gasteiger partial charge in [-0.1, -0.05) is 15.9 Å². The van der Waals surface area contributed by atoms with E-state index >= 15 is 0 Å². The van der Waals surface area contributed by atoms with Crippen LogP contribution in [0.2, 0.25) is 0 Å². The number of hydrogen-bond donors (Lipinski definition) is 3. The maximum Gasteiger partial charge on any atom is 0.416 e. The summed E-state index contributed by atoms with van der Waals surface area (Å²) in [5.74, 6) is -1.26. The van der Waals surface area contributed by atoms with Gasteiger partial charge in [0, 0.05) is 10.2 Å². The second kappa shape index (κ2) is 5.91. The number of alkyl halides is 3. The van der Waals surface area contributed by atoms with Gasteiger partial charge in [0.1, 0.15) is 6.54 Å². The summed E-state index contributed by atoms with van der Waals surface area (Å²) in [5.41, 5.74) is -1.04. The highest BCUT2D eigenvalue weighted by molar-refractivity contribution is 9.10. The minimum absolute atomic E-state index is 0.107. The summed E-state index contributed by atoms with van der Waals surface area (Å²) >= 11 is 2.89. The lowest BCUT2D eigenvalue weighted by Crippen LogP contribution is -2.33. The lowest BCUT2D eigenvalue weighted by molar-refractivity contribution is -0.137. The number of carbonyl (C=O) groups is 2. The molecule has 5 nitrogen and oxygen atoms in total. The zero-order chi connectivity index (χ0) is 14.6. The van der Waals surface area contributed by atoms with Crippen LogP contribution >= 0.6 is 15.9 Å². The first-order valence-corrected chi connectivity index (χ1v) is 5.62. The molecule has 2 amide bonds. The van der Waals surface area contributed by atoms with Gasteiger partial charge in [-0.25, -0.2) is 4.79 Å². The molecule has 0 fully saturated rings. The third-order valence-electron chi connectivity index (χ3n) is 1.88. The third-order valence-corrected chi connectivity index (χ3v) is 2.34. The van der Waals surface area contributed by atoms with Crippen molar-refractivity contribution in [1.82, 2.24) is 5.32 Å². The van der Waals surface area contributed by atoms with Gasteiger partial charge in [-0.2, -0.15) is 13.2 Å². The molecule has 104 valence electrons. The topological polar surface area (TPSA) is 78.4 Å². The lowest BCUT2D eigenvalue weighted by atomic mass is 10.2. The van der Waals surface area contributed by atoms with Crippen LogP contribution in [0.1, 0.15) is 5.56 Å². The third kappa shape index (κ3) is 5.16. The average Bonchev–Trinajstić information content (AvgIpc) is 2.24. The maximum absolute atomic E-state index is 12.5. The van der Waals surface area contributed by atoms with E-state index in [0.29, 0.717) is 0 Å². The highest BCUT2D eigenvalue weighted by atomic mass is 79.9. The Kier molecular flexibility index (Phi) is 4.76. The summed E-state index contributed by atoms with van der Waals surface area (Å²) in [7, 11) is 0. The molecule has 0 unspecified atom stereocenters. The monoisotopic (exact) mass is 340 g/mol. The number of carboxylic acid groups (broad SMARTS) is 1. The summed E-state index contributed by atoms with van der Waals surface area (Å²) in [6.45, 7) is -0.633. The van der Waals surface area contributed by atoms with Crippen molar-refractivity contribution in [2.24, 2.45) is 0 Å². The first kappa shape index (κ1) is 15.3. The van der Waals surface area contributed by atoms with E-state index in [2.05, 4.69) is 21.2 Å². The first-order valence-electron chi connectivity index (χ1n) is 4.83. The van der Waals surface area contributed by atoms with Crippen LogP contribution in [0.15, 0.2) is 22.7 Å². The van der Waals surface area contributed by atoms with Crippen molar-refractivity contribution in [1.29, 1.82) is 0 Å². The number of carboxylic acids is 1. The Labute approximate surface area is 113 Å². The summed E-state index contributed by atoms with van der Waals surface area (Å²) in [4.78, 5) is 21.4. The Morgan fingerprint density at radius 3 is 2.42 bits per heavy atom. The van der Waals surface area contributed by atoms with Gasteiger partial charge < -0.3 is 15.7 Å². The van der Waals surface area contributed by atoms with E-state index in [1.54, 1.807) is 0 Å². The Bertz CT molecular complexity index is 505. The van der Waals surface area contributed by atoms with Gasteiger partial charge in [-0.3, -0.25) is 4.79 Å². The van der Waals surface area contributed by atoms with Crippen molar-refractivity contribution in [3.63, 3.8) is 0 Å². The Hall–Kier alpha value is -1.77. The fourth-order valence-electron chi connectivity index (χ4n) is 1.16. The minimum atomic E-state index is -4.54. The van der Waals surface area contributed by atoms with E-state index in [1.165, 1.54) is 6.07 Å². The van der Waals surface area contributed by atoms with Crippen molar-refractivity contribution in [2.75, 3.05) is 11.9 Å². The summed E-state index contributed by atoms with van der Waals surface area (Å²) in [6.07, 6.45) is -4.54. The molecule has 0 bridgehead atoms. The molecule has 1 aromatic rings. The molecule has 1 aromatic carbocycles. The fraction of sp³-hybridized carbons (Fsp3) is 0.200. The second-order valence-electron chi connectivity index (χ2n) is 3.43. The largest absolute Gasteiger partial charge is 0.480 e. The number of anilines is 1. The number of halogens is 4. The number of carbonyl (C=O) groups excluding carboxylic acids is 1. The number of hydrogen-bond acceptors (Lipinski definition) is 2. The molecule has 19 heavy (non-hydrogen) atoms. The van der Waals surface area contributed by atoms with Crippen molar-refractivity contribution in [2.45, 2.75) is 6.18 Å². The predicted octanol–water partition coefficient (Wildman–Crippen LogP) is 2.67. The second-order valence-corrected chi connectivity index (χ2v) is 4.34. The van der Waals surface area contributed by atoms with Crippen LogP contribution < -0.4 is 10.6 Å². The van der Waals surface area contributed by atoms with Crippen LogP contribution in [-0.4, -0.2) is 23.7 Å². The van der Waals surface area contributed by atoms with Crippen molar-refractivity contribution in [3.8, 4) is 0 Å². The van der Waals surface area contributed by atoms with Crippen LogP contribution in [0.25, 0.3) is 0 Å². The highest BCUT2D eigenvalue weighted by Crippen LogP contribution is 2.33. The van der Waals surface area contributed by atoms with E-state index in [4.69, 9.17) is 5.11 Å². The molecule has 0 saturated carbocycles. The summed E-state index contributed by atoms with van der Waals surface area (Å²) in [5, 5.41) is 12.4. The zero-order valence-corrected chi connectivity index (χ0v) is 10.8. The number of urea groups is 1. The Balaban J connectivity index is 2.81. The fourth-order valence-corrected chi connectivity index (χ4v) is 1.65. The van der Waals surface area contributed by atoms with E-state index < -0.39 is 30.3 Å². The molecule has 1 rings (SSSR count). The molecule has 0 heterocycles. The van der Waals surface area contributed by atoms with Crippen LogP contribution in [-0.2, 0) is 11.0 Å². The van der Waals surface area contributed by atoms with E-state index in [9.17, 15) is 22.8 Å². The van der Waals surface area contributed by atoms with Crippen LogP contribution in [0.5, 0.6) is 0 Å². The molecule has 0 atom stereocenters. The number of nitrogens with one attached hydrogen (secondary N) is 2. The van der Waals surface area contributed by atoms with Crippen molar-refractivity contribution < 1.29 is 27.9 Å². The molecule has 0 aliphatic rings. The molecule has 0 spiro atoms. The quantitative estimate of drug-likeness (QED) is 0.791. The van der Waals surface area contributed by atoms with Crippen LogP contribution in [0.3, 0.4) is 0 Å². The molecule has 3 N–H and O–H groups in total. The molecule has 0 aliphatic heterocycles. The molecule has 0 radical (unpaired) electrons. The van der Waals surface area contributed by atoms with E-state index in [1.807, 2.05) is 5.32 Å². The smallest absolute Gasteiger partial charge is 0.416 e.